The van der Waals surface area contributed by atoms with E-state index in [2.05, 4.69) is 9.71 Å². The number of nitrogens with zero attached hydrogens (tertiary/aromatic N) is 1. The van der Waals surface area contributed by atoms with E-state index in [0.29, 0.717) is 5.69 Å². The van der Waals surface area contributed by atoms with Crippen molar-refractivity contribution in [1.29, 1.82) is 0 Å². The molecule has 0 atom stereocenters. The molecule has 1 aromatic heterocycles. The van der Waals surface area contributed by atoms with Gasteiger partial charge < -0.3 is 5.11 Å². The Hall–Kier alpha value is -2.12. The summed E-state index contributed by atoms with van der Waals surface area (Å²) in [6.07, 6.45) is 0. The maximum Gasteiger partial charge on any atom is 0.335 e. The maximum atomic E-state index is 12.3. The van der Waals surface area contributed by atoms with Crippen LogP contribution in [0.15, 0.2) is 41.3 Å². The minimum atomic E-state index is -4.02. The van der Waals surface area contributed by atoms with E-state index in [1.807, 2.05) is 0 Å². The van der Waals surface area contributed by atoms with Gasteiger partial charge in [-0.1, -0.05) is 17.7 Å². The van der Waals surface area contributed by atoms with Crippen LogP contribution in [0.25, 0.3) is 0 Å². The van der Waals surface area contributed by atoms with Crippen molar-refractivity contribution in [2.75, 3.05) is 4.72 Å². The fourth-order valence-electron chi connectivity index (χ4n) is 1.63. The van der Waals surface area contributed by atoms with Crippen molar-refractivity contribution in [2.24, 2.45) is 0 Å². The van der Waals surface area contributed by atoms with Crippen LogP contribution in [0.2, 0.25) is 5.02 Å². The van der Waals surface area contributed by atoms with Crippen LogP contribution < -0.4 is 4.72 Å². The molecule has 0 unspecified atom stereocenters. The molecule has 0 fully saturated rings. The van der Waals surface area contributed by atoms with Crippen molar-refractivity contribution in [3.05, 3.63) is 52.7 Å². The average Bonchev–Trinajstić information content (AvgIpc) is 2.38. The Bertz CT molecular complexity index is 806. The van der Waals surface area contributed by atoms with Crippen LogP contribution >= 0.6 is 11.6 Å². The number of rotatable bonds is 4. The zero-order chi connectivity index (χ0) is 15.6. The molecule has 1 heterocycles. The van der Waals surface area contributed by atoms with E-state index in [1.54, 1.807) is 19.1 Å². The molecule has 0 saturated carbocycles. The molecule has 2 aromatic rings. The smallest absolute Gasteiger partial charge is 0.335 e. The van der Waals surface area contributed by atoms with E-state index in [4.69, 9.17) is 16.7 Å². The lowest BCUT2D eigenvalue weighted by Crippen LogP contribution is -2.15. The van der Waals surface area contributed by atoms with Crippen LogP contribution in [0.3, 0.4) is 0 Å². The fraction of sp³-hybridized carbons (Fsp3) is 0.0769. The van der Waals surface area contributed by atoms with E-state index in [-0.39, 0.29) is 21.3 Å². The Morgan fingerprint density at radius 2 is 2.00 bits per heavy atom. The summed E-state index contributed by atoms with van der Waals surface area (Å²) in [5.74, 6) is -1.11. The number of halogens is 1. The Kier molecular flexibility index (Phi) is 4.15. The summed E-state index contributed by atoms with van der Waals surface area (Å²) >= 11 is 5.85. The van der Waals surface area contributed by atoms with Crippen molar-refractivity contribution < 1.29 is 18.3 Å². The molecule has 110 valence electrons. The molecular weight excluding hydrogens is 316 g/mol. The topological polar surface area (TPSA) is 96.4 Å². The third-order valence-corrected chi connectivity index (χ3v) is 4.43. The molecule has 0 aliphatic heterocycles. The summed E-state index contributed by atoms with van der Waals surface area (Å²) < 4.78 is 26.8. The number of aromatic nitrogens is 1. The first-order chi connectivity index (χ1) is 9.79. The number of nitrogens with one attached hydrogen (secondary N) is 1. The standard InChI is InChI=1S/C13H11ClN2O4S/c1-8-3-2-4-12(15-8)16-21(19,20)11-7-9(13(17)18)5-6-10(11)14/h2-7H,1H3,(H,15,16)(H,17,18). The number of aromatic carboxylic acids is 1. The van der Waals surface area contributed by atoms with Gasteiger partial charge in [-0.3, -0.25) is 4.72 Å². The monoisotopic (exact) mass is 326 g/mol. The lowest BCUT2D eigenvalue weighted by molar-refractivity contribution is 0.0696. The summed E-state index contributed by atoms with van der Waals surface area (Å²) in [6.45, 7) is 1.72. The zero-order valence-corrected chi connectivity index (χ0v) is 12.4. The SMILES string of the molecule is Cc1cccc(NS(=O)(=O)c2cc(C(=O)O)ccc2Cl)n1. The van der Waals surface area contributed by atoms with Crippen LogP contribution in [-0.2, 0) is 10.0 Å². The van der Waals surface area contributed by atoms with Gasteiger partial charge in [-0.2, -0.15) is 0 Å². The quantitative estimate of drug-likeness (QED) is 0.900. The van der Waals surface area contributed by atoms with Gasteiger partial charge in [0.15, 0.2) is 0 Å². The third-order valence-electron chi connectivity index (χ3n) is 2.59. The van der Waals surface area contributed by atoms with Gasteiger partial charge in [-0.15, -0.1) is 0 Å². The number of hydrogen-bond donors (Lipinski definition) is 2. The van der Waals surface area contributed by atoms with Gasteiger partial charge in [0.2, 0.25) is 0 Å². The number of aryl methyl sites for hydroxylation is 1. The molecule has 2 rings (SSSR count). The highest BCUT2D eigenvalue weighted by Gasteiger charge is 2.20. The molecule has 2 N–H and O–H groups in total. The molecule has 0 bridgehead atoms. The Morgan fingerprint density at radius 1 is 1.29 bits per heavy atom. The summed E-state index contributed by atoms with van der Waals surface area (Å²) in [7, 11) is -4.02. The zero-order valence-electron chi connectivity index (χ0n) is 10.9. The first-order valence-corrected chi connectivity index (χ1v) is 7.65. The summed E-state index contributed by atoms with van der Waals surface area (Å²) in [6, 6.07) is 8.31. The van der Waals surface area contributed by atoms with Crippen molar-refractivity contribution in [3.63, 3.8) is 0 Å². The molecule has 6 nitrogen and oxygen atoms in total. The minimum absolute atomic E-state index is 0.0693. The Labute approximate surface area is 126 Å². The van der Waals surface area contributed by atoms with Gasteiger partial charge >= 0.3 is 5.97 Å². The lowest BCUT2D eigenvalue weighted by Gasteiger charge is -2.10. The summed E-state index contributed by atoms with van der Waals surface area (Å²) in [4.78, 5) is 14.6. The number of anilines is 1. The molecule has 8 heteroatoms. The van der Waals surface area contributed by atoms with Gasteiger partial charge in [0.25, 0.3) is 10.0 Å². The van der Waals surface area contributed by atoms with Crippen LogP contribution in [0.1, 0.15) is 16.1 Å². The summed E-state index contributed by atoms with van der Waals surface area (Å²) in [5.41, 5.74) is 0.470. The number of benzene rings is 1. The first-order valence-electron chi connectivity index (χ1n) is 5.79. The van der Waals surface area contributed by atoms with Crippen molar-refractivity contribution in [1.82, 2.24) is 4.98 Å². The van der Waals surface area contributed by atoms with Gasteiger partial charge in [-0.05, 0) is 37.3 Å². The second-order valence-corrected chi connectivity index (χ2v) is 6.28. The van der Waals surface area contributed by atoms with Crippen molar-refractivity contribution >= 4 is 33.4 Å². The Morgan fingerprint density at radius 3 is 2.62 bits per heavy atom. The van der Waals surface area contributed by atoms with Crippen LogP contribution in [-0.4, -0.2) is 24.5 Å². The fourth-order valence-corrected chi connectivity index (χ4v) is 3.16. The van der Waals surface area contributed by atoms with Crippen LogP contribution in [0.5, 0.6) is 0 Å². The summed E-state index contributed by atoms with van der Waals surface area (Å²) in [5, 5.41) is 8.85. The number of hydrogen-bond acceptors (Lipinski definition) is 4. The largest absolute Gasteiger partial charge is 0.478 e. The van der Waals surface area contributed by atoms with Gasteiger partial charge in [0.05, 0.1) is 10.6 Å². The van der Waals surface area contributed by atoms with Crippen molar-refractivity contribution in [2.45, 2.75) is 11.8 Å². The molecule has 0 amide bonds. The number of sulfonamides is 1. The number of carbonyl (C=O) groups is 1. The predicted molar refractivity (Wildman–Crippen MR) is 78.2 cm³/mol. The highest BCUT2D eigenvalue weighted by atomic mass is 35.5. The maximum absolute atomic E-state index is 12.3. The molecule has 0 saturated heterocycles. The van der Waals surface area contributed by atoms with Crippen LogP contribution in [0.4, 0.5) is 5.82 Å². The average molecular weight is 327 g/mol. The normalized spacial score (nSPS) is 11.1. The highest BCUT2D eigenvalue weighted by Crippen LogP contribution is 2.24. The van der Waals surface area contributed by atoms with E-state index in [9.17, 15) is 13.2 Å². The van der Waals surface area contributed by atoms with Gasteiger partial charge in [0.1, 0.15) is 10.7 Å². The van der Waals surface area contributed by atoms with E-state index in [1.165, 1.54) is 18.2 Å². The van der Waals surface area contributed by atoms with E-state index < -0.39 is 16.0 Å². The third kappa shape index (κ3) is 3.50. The highest BCUT2D eigenvalue weighted by molar-refractivity contribution is 7.92. The van der Waals surface area contributed by atoms with Gasteiger partial charge in [-0.25, -0.2) is 18.2 Å². The predicted octanol–water partition coefficient (Wildman–Crippen LogP) is 2.54. The molecule has 0 radical (unpaired) electrons. The van der Waals surface area contributed by atoms with Crippen molar-refractivity contribution in [3.8, 4) is 0 Å². The van der Waals surface area contributed by atoms with E-state index >= 15 is 0 Å². The molecule has 0 spiro atoms. The first kappa shape index (κ1) is 15.3. The molecule has 1 aromatic carbocycles. The second kappa shape index (κ2) is 5.71. The number of carboxylic acid groups (broad SMARTS) is 1. The lowest BCUT2D eigenvalue weighted by atomic mass is 10.2. The molecule has 0 aliphatic carbocycles. The number of carboxylic acids is 1. The van der Waals surface area contributed by atoms with Crippen LogP contribution in [0, 0.1) is 6.92 Å². The molecule has 0 aliphatic rings. The van der Waals surface area contributed by atoms with E-state index in [0.717, 1.165) is 6.07 Å². The van der Waals surface area contributed by atoms with Gasteiger partial charge in [0, 0.05) is 5.69 Å². The second-order valence-electron chi connectivity index (χ2n) is 4.22. The Balaban J connectivity index is 2.44. The number of pyridine rings is 1. The molecule has 21 heavy (non-hydrogen) atoms. The molecular formula is C13H11ClN2O4S. The minimum Gasteiger partial charge on any atom is -0.478 e.